The number of rotatable bonds is 3. The van der Waals surface area contributed by atoms with Crippen molar-refractivity contribution < 1.29 is 18.0 Å². The molecule has 1 amide bonds. The molecular formula is C16H17F3N6O. The van der Waals surface area contributed by atoms with Gasteiger partial charge < -0.3 is 10.3 Å². The highest BCUT2D eigenvalue weighted by Crippen LogP contribution is 2.37. The first kappa shape index (κ1) is 16.8. The first-order chi connectivity index (χ1) is 12.4. The molecule has 0 atom stereocenters. The molecule has 1 aliphatic rings. The number of nitrogens with zero attached hydrogens (tertiary/aromatic N) is 4. The van der Waals surface area contributed by atoms with E-state index >= 15 is 0 Å². The molecule has 10 heteroatoms. The van der Waals surface area contributed by atoms with E-state index in [0.29, 0.717) is 25.7 Å². The zero-order chi connectivity index (χ0) is 18.3. The van der Waals surface area contributed by atoms with E-state index in [1.54, 1.807) is 17.0 Å². The fourth-order valence-electron chi connectivity index (χ4n) is 3.65. The second-order valence-corrected chi connectivity index (χ2v) is 6.63. The molecule has 3 aromatic heterocycles. The number of hydrogen-bond acceptors (Lipinski definition) is 4. The molecule has 3 heterocycles. The Morgan fingerprint density at radius 2 is 2.08 bits per heavy atom. The number of hydrogen-bond donors (Lipinski definition) is 2. The van der Waals surface area contributed by atoms with Crippen molar-refractivity contribution in [3.05, 3.63) is 24.3 Å². The number of halogens is 3. The Morgan fingerprint density at radius 1 is 1.31 bits per heavy atom. The minimum absolute atomic E-state index is 0.125. The Hall–Kier alpha value is -2.65. The van der Waals surface area contributed by atoms with E-state index in [9.17, 15) is 18.0 Å². The number of carbonyl (C=O) groups excluding carboxylic acids is 1. The summed E-state index contributed by atoms with van der Waals surface area (Å²) in [5.74, 6) is -0.783. The van der Waals surface area contributed by atoms with Gasteiger partial charge in [0.1, 0.15) is 24.0 Å². The van der Waals surface area contributed by atoms with Gasteiger partial charge in [-0.15, -0.1) is 5.10 Å². The molecule has 0 unspecified atom stereocenters. The summed E-state index contributed by atoms with van der Waals surface area (Å²) >= 11 is 0. The minimum Gasteiger partial charge on any atom is -0.347 e. The van der Waals surface area contributed by atoms with Gasteiger partial charge in [0.2, 0.25) is 5.91 Å². The molecule has 1 saturated carbocycles. The molecule has 138 valence electrons. The number of aromatic amines is 1. The van der Waals surface area contributed by atoms with Crippen LogP contribution in [0.4, 0.5) is 13.2 Å². The molecular weight excluding hydrogens is 349 g/mol. The van der Waals surface area contributed by atoms with Crippen LogP contribution in [0, 0.1) is 5.92 Å². The van der Waals surface area contributed by atoms with Crippen LogP contribution in [0.15, 0.2) is 18.6 Å². The Morgan fingerprint density at radius 3 is 2.81 bits per heavy atom. The zero-order valence-corrected chi connectivity index (χ0v) is 13.8. The fourth-order valence-corrected chi connectivity index (χ4v) is 3.65. The molecule has 0 aromatic carbocycles. The third kappa shape index (κ3) is 3.11. The number of aromatic nitrogens is 5. The highest BCUT2D eigenvalue weighted by Gasteiger charge is 2.33. The average Bonchev–Trinajstić information content (AvgIpc) is 3.25. The maximum Gasteiger partial charge on any atom is 0.405 e. The topological polar surface area (TPSA) is 88.0 Å². The smallest absolute Gasteiger partial charge is 0.347 e. The Balaban J connectivity index is 1.48. The van der Waals surface area contributed by atoms with Crippen LogP contribution < -0.4 is 5.32 Å². The van der Waals surface area contributed by atoms with Crippen LogP contribution in [0.25, 0.3) is 16.6 Å². The summed E-state index contributed by atoms with van der Waals surface area (Å²) < 4.78 is 38.4. The molecule has 7 nitrogen and oxygen atoms in total. The molecule has 1 aliphatic carbocycles. The van der Waals surface area contributed by atoms with Crippen molar-refractivity contribution in [1.29, 1.82) is 0 Å². The summed E-state index contributed by atoms with van der Waals surface area (Å²) in [6, 6.07) is 1.92. The summed E-state index contributed by atoms with van der Waals surface area (Å²) in [7, 11) is 0. The van der Waals surface area contributed by atoms with Gasteiger partial charge in [0.15, 0.2) is 0 Å². The Bertz CT molecular complexity index is 938. The van der Waals surface area contributed by atoms with E-state index in [-0.39, 0.29) is 11.8 Å². The van der Waals surface area contributed by atoms with Crippen LogP contribution in [0.1, 0.15) is 37.3 Å². The van der Waals surface area contributed by atoms with Gasteiger partial charge in [0, 0.05) is 23.4 Å². The fraction of sp³-hybridized carbons (Fsp3) is 0.500. The second kappa shape index (κ2) is 6.26. The summed E-state index contributed by atoms with van der Waals surface area (Å²) in [5, 5.41) is 11.3. The van der Waals surface area contributed by atoms with Gasteiger partial charge in [-0.25, -0.2) is 9.50 Å². The largest absolute Gasteiger partial charge is 0.405 e. The van der Waals surface area contributed by atoms with E-state index in [1.165, 1.54) is 0 Å². The third-order valence-electron chi connectivity index (χ3n) is 4.94. The summed E-state index contributed by atoms with van der Waals surface area (Å²) in [6.07, 6.45) is 1.46. The Kier molecular flexibility index (Phi) is 4.04. The predicted molar refractivity (Wildman–Crippen MR) is 86.4 cm³/mol. The normalized spacial score (nSPS) is 21.3. The van der Waals surface area contributed by atoms with E-state index in [1.807, 2.05) is 11.4 Å². The van der Waals surface area contributed by atoms with Crippen LogP contribution in [0.3, 0.4) is 0 Å². The lowest BCUT2D eigenvalue weighted by Gasteiger charge is -2.26. The van der Waals surface area contributed by atoms with Gasteiger partial charge in [-0.3, -0.25) is 4.79 Å². The van der Waals surface area contributed by atoms with E-state index in [0.717, 1.165) is 22.2 Å². The Labute approximate surface area is 146 Å². The van der Waals surface area contributed by atoms with E-state index in [4.69, 9.17) is 0 Å². The second-order valence-electron chi connectivity index (χ2n) is 6.63. The number of H-pyrrole nitrogens is 1. The van der Waals surface area contributed by atoms with Gasteiger partial charge in [0.05, 0.1) is 5.69 Å². The summed E-state index contributed by atoms with van der Waals surface area (Å²) in [5.41, 5.74) is 2.49. The number of fused-ring (bicyclic) bond motifs is 3. The average molecular weight is 366 g/mol. The monoisotopic (exact) mass is 366 g/mol. The molecule has 1 fully saturated rings. The summed E-state index contributed by atoms with van der Waals surface area (Å²) in [4.78, 5) is 19.3. The highest BCUT2D eigenvalue weighted by molar-refractivity contribution is 5.92. The lowest BCUT2D eigenvalue weighted by Crippen LogP contribution is -2.38. The molecule has 0 aliphatic heterocycles. The third-order valence-corrected chi connectivity index (χ3v) is 4.94. The standard InChI is InChI=1S/C16H17F3N6O/c17-16(18,19)7-21-15(26)10-3-1-9(2-4-10)12-13-11-5-6-20-14(11)22-8-25(13)24-23-12/h5-6,8-10,20H,1-4,7H2,(H,21,26). The molecule has 0 spiro atoms. The molecule has 4 rings (SSSR count). The van der Waals surface area contributed by atoms with Crippen LogP contribution in [-0.4, -0.2) is 43.4 Å². The first-order valence-electron chi connectivity index (χ1n) is 8.44. The van der Waals surface area contributed by atoms with Crippen LogP contribution in [-0.2, 0) is 4.79 Å². The quantitative estimate of drug-likeness (QED) is 0.746. The van der Waals surface area contributed by atoms with Gasteiger partial charge in [-0.1, -0.05) is 5.21 Å². The molecule has 0 saturated heterocycles. The van der Waals surface area contributed by atoms with Crippen molar-refractivity contribution in [2.24, 2.45) is 5.92 Å². The summed E-state index contributed by atoms with van der Waals surface area (Å²) in [6.45, 7) is -1.28. The number of amides is 1. The zero-order valence-electron chi connectivity index (χ0n) is 13.8. The maximum absolute atomic E-state index is 12.2. The molecule has 0 bridgehead atoms. The molecule has 26 heavy (non-hydrogen) atoms. The predicted octanol–water partition coefficient (Wildman–Crippen LogP) is 2.56. The van der Waals surface area contributed by atoms with Crippen molar-refractivity contribution in [1.82, 2.24) is 30.1 Å². The van der Waals surface area contributed by atoms with Crippen molar-refractivity contribution in [3.63, 3.8) is 0 Å². The maximum atomic E-state index is 12.2. The molecule has 0 radical (unpaired) electrons. The van der Waals surface area contributed by atoms with E-state index in [2.05, 4.69) is 20.3 Å². The lowest BCUT2D eigenvalue weighted by atomic mass is 9.79. The van der Waals surface area contributed by atoms with Gasteiger partial charge in [0.25, 0.3) is 0 Å². The minimum atomic E-state index is -4.39. The van der Waals surface area contributed by atoms with Crippen LogP contribution in [0.5, 0.6) is 0 Å². The number of carbonyl (C=O) groups is 1. The number of nitrogens with one attached hydrogen (secondary N) is 2. The van der Waals surface area contributed by atoms with Crippen molar-refractivity contribution in [2.45, 2.75) is 37.8 Å². The van der Waals surface area contributed by atoms with Crippen LogP contribution >= 0.6 is 0 Å². The van der Waals surface area contributed by atoms with E-state index < -0.39 is 18.6 Å². The lowest BCUT2D eigenvalue weighted by molar-refractivity contribution is -0.141. The van der Waals surface area contributed by atoms with Crippen molar-refractivity contribution in [2.75, 3.05) is 6.54 Å². The first-order valence-corrected chi connectivity index (χ1v) is 8.44. The van der Waals surface area contributed by atoms with Gasteiger partial charge in [-0.05, 0) is 31.7 Å². The molecule has 3 aromatic rings. The molecule has 2 N–H and O–H groups in total. The SMILES string of the molecule is O=C(NCC(F)(F)F)C1CCC(c2nnn3cnc4[nH]ccc4c23)CC1. The number of alkyl halides is 3. The van der Waals surface area contributed by atoms with Gasteiger partial charge in [-0.2, -0.15) is 13.2 Å². The van der Waals surface area contributed by atoms with Crippen molar-refractivity contribution in [3.8, 4) is 0 Å². The highest BCUT2D eigenvalue weighted by atomic mass is 19.4. The van der Waals surface area contributed by atoms with Crippen molar-refractivity contribution >= 4 is 22.5 Å². The van der Waals surface area contributed by atoms with Gasteiger partial charge >= 0.3 is 6.18 Å². The van der Waals surface area contributed by atoms with Crippen LogP contribution in [0.2, 0.25) is 0 Å².